The molecule has 0 spiro atoms. The Kier molecular flexibility index (Phi) is 4.25. The molecule has 1 saturated carbocycles. The zero-order valence-electron chi connectivity index (χ0n) is 10.4. The second-order valence-corrected chi connectivity index (χ2v) is 5.37. The maximum absolute atomic E-state index is 11.4. The van der Waals surface area contributed by atoms with Gasteiger partial charge in [0.05, 0.1) is 6.10 Å². The molecule has 0 saturated heterocycles. The number of carbonyl (C=O) groups excluding carboxylic acids is 1. The van der Waals surface area contributed by atoms with Crippen molar-refractivity contribution in [2.75, 3.05) is 5.32 Å². The van der Waals surface area contributed by atoms with Gasteiger partial charge in [0.15, 0.2) is 5.78 Å². The highest BCUT2D eigenvalue weighted by Crippen LogP contribution is 2.25. The fourth-order valence-electron chi connectivity index (χ4n) is 2.33. The average molecular weight is 268 g/mol. The van der Waals surface area contributed by atoms with Gasteiger partial charge in [-0.05, 0) is 50.8 Å². The Hall–Kier alpha value is -1.06. The van der Waals surface area contributed by atoms with Crippen LogP contribution in [0.25, 0.3) is 0 Å². The lowest BCUT2D eigenvalue weighted by atomic mass is 9.93. The summed E-state index contributed by atoms with van der Waals surface area (Å²) in [6.07, 6.45) is 3.40. The number of Topliss-reactive ketones (excluding diaryl/α,β-unsaturated/α-hetero) is 1. The summed E-state index contributed by atoms with van der Waals surface area (Å²) < 4.78 is 0. The molecule has 1 aliphatic carbocycles. The van der Waals surface area contributed by atoms with Crippen LogP contribution in [0.1, 0.15) is 43.0 Å². The van der Waals surface area contributed by atoms with Crippen molar-refractivity contribution in [1.29, 1.82) is 0 Å². The van der Waals surface area contributed by atoms with Gasteiger partial charge in [0.2, 0.25) is 0 Å². The first-order valence-electron chi connectivity index (χ1n) is 6.31. The zero-order valence-corrected chi connectivity index (χ0v) is 11.2. The highest BCUT2D eigenvalue weighted by molar-refractivity contribution is 6.31. The third-order valence-electron chi connectivity index (χ3n) is 3.37. The van der Waals surface area contributed by atoms with Gasteiger partial charge in [0.25, 0.3) is 0 Å². The van der Waals surface area contributed by atoms with E-state index in [4.69, 9.17) is 11.6 Å². The molecular formula is C14H18ClNO2. The molecule has 0 heterocycles. The Balaban J connectivity index is 2.07. The highest BCUT2D eigenvalue weighted by Gasteiger charge is 2.19. The van der Waals surface area contributed by atoms with E-state index in [1.54, 1.807) is 6.07 Å². The third-order valence-corrected chi connectivity index (χ3v) is 3.59. The smallest absolute Gasteiger partial charge is 0.159 e. The quantitative estimate of drug-likeness (QED) is 0.827. The van der Waals surface area contributed by atoms with Gasteiger partial charge in [-0.15, -0.1) is 0 Å². The maximum Gasteiger partial charge on any atom is 0.159 e. The maximum atomic E-state index is 11.4. The number of halogens is 1. The summed E-state index contributed by atoms with van der Waals surface area (Å²) in [6, 6.07) is 5.70. The van der Waals surface area contributed by atoms with Crippen LogP contribution in [0, 0.1) is 0 Å². The number of rotatable bonds is 3. The molecule has 0 radical (unpaired) electrons. The van der Waals surface area contributed by atoms with Crippen LogP contribution in [0.15, 0.2) is 18.2 Å². The molecule has 1 aromatic rings. The number of aliphatic hydroxyl groups is 1. The molecule has 1 aromatic carbocycles. The van der Waals surface area contributed by atoms with E-state index in [0.29, 0.717) is 16.6 Å². The molecule has 3 nitrogen and oxygen atoms in total. The SMILES string of the molecule is CC(=O)c1cc(Cl)cc(NC2CCC(O)CC2)c1. The standard InChI is InChI=1S/C14H18ClNO2/c1-9(17)10-6-11(15)8-13(7-10)16-12-2-4-14(18)5-3-12/h6-8,12,14,16,18H,2-5H2,1H3. The second kappa shape index (κ2) is 5.72. The number of hydrogen-bond donors (Lipinski definition) is 2. The highest BCUT2D eigenvalue weighted by atomic mass is 35.5. The summed E-state index contributed by atoms with van der Waals surface area (Å²) in [7, 11) is 0. The first-order chi connectivity index (χ1) is 8.54. The topological polar surface area (TPSA) is 49.3 Å². The first kappa shape index (κ1) is 13.4. The summed E-state index contributed by atoms with van der Waals surface area (Å²) in [5.74, 6) is 0.0135. The molecular weight excluding hydrogens is 250 g/mol. The molecule has 0 amide bonds. The Morgan fingerprint density at radius 3 is 2.56 bits per heavy atom. The predicted octanol–water partition coefficient (Wildman–Crippen LogP) is 3.26. The molecule has 0 bridgehead atoms. The molecule has 2 N–H and O–H groups in total. The van der Waals surface area contributed by atoms with Crippen molar-refractivity contribution >= 4 is 23.1 Å². The Labute approximate surface area is 112 Å². The van der Waals surface area contributed by atoms with Gasteiger partial charge in [-0.2, -0.15) is 0 Å². The molecule has 0 aliphatic heterocycles. The fraction of sp³-hybridized carbons (Fsp3) is 0.500. The molecule has 98 valence electrons. The van der Waals surface area contributed by atoms with Gasteiger partial charge < -0.3 is 10.4 Å². The van der Waals surface area contributed by atoms with Crippen LogP contribution in [0.2, 0.25) is 5.02 Å². The molecule has 1 aliphatic rings. The number of ketones is 1. The fourth-order valence-corrected chi connectivity index (χ4v) is 2.57. The van der Waals surface area contributed by atoms with Gasteiger partial charge in [-0.25, -0.2) is 0 Å². The van der Waals surface area contributed by atoms with Gasteiger partial charge in [-0.3, -0.25) is 4.79 Å². The number of aliphatic hydroxyl groups excluding tert-OH is 1. The van der Waals surface area contributed by atoms with Crippen LogP contribution >= 0.6 is 11.6 Å². The van der Waals surface area contributed by atoms with Gasteiger partial charge in [-0.1, -0.05) is 11.6 Å². The normalized spacial score (nSPS) is 23.7. The molecule has 0 aromatic heterocycles. The monoisotopic (exact) mass is 267 g/mol. The molecule has 2 rings (SSSR count). The lowest BCUT2D eigenvalue weighted by Crippen LogP contribution is -2.28. The zero-order chi connectivity index (χ0) is 13.1. The average Bonchev–Trinajstić information content (AvgIpc) is 2.31. The van der Waals surface area contributed by atoms with Crippen molar-refractivity contribution in [2.24, 2.45) is 0 Å². The Morgan fingerprint density at radius 2 is 1.94 bits per heavy atom. The number of anilines is 1. The molecule has 1 fully saturated rings. The molecule has 18 heavy (non-hydrogen) atoms. The van der Waals surface area contributed by atoms with Gasteiger partial charge >= 0.3 is 0 Å². The van der Waals surface area contributed by atoms with Crippen molar-refractivity contribution in [3.05, 3.63) is 28.8 Å². The van der Waals surface area contributed by atoms with E-state index < -0.39 is 0 Å². The summed E-state index contributed by atoms with van der Waals surface area (Å²) in [4.78, 5) is 11.4. The number of benzene rings is 1. The van der Waals surface area contributed by atoms with Gasteiger partial charge in [0.1, 0.15) is 0 Å². The largest absolute Gasteiger partial charge is 0.393 e. The predicted molar refractivity (Wildman–Crippen MR) is 73.3 cm³/mol. The lowest BCUT2D eigenvalue weighted by Gasteiger charge is -2.27. The van der Waals surface area contributed by atoms with E-state index in [1.165, 1.54) is 6.92 Å². The molecule has 0 unspecified atom stereocenters. The van der Waals surface area contributed by atoms with E-state index in [9.17, 15) is 9.90 Å². The minimum absolute atomic E-state index is 0.0135. The lowest BCUT2D eigenvalue weighted by molar-refractivity contribution is 0.101. The molecule has 0 atom stereocenters. The summed E-state index contributed by atoms with van der Waals surface area (Å²) in [5, 5.41) is 13.4. The third kappa shape index (κ3) is 3.47. The minimum Gasteiger partial charge on any atom is -0.393 e. The summed E-state index contributed by atoms with van der Waals surface area (Å²) in [6.45, 7) is 1.53. The van der Waals surface area contributed by atoms with Crippen LogP contribution in [0.3, 0.4) is 0 Å². The Bertz CT molecular complexity index is 439. The number of nitrogens with one attached hydrogen (secondary N) is 1. The number of hydrogen-bond acceptors (Lipinski definition) is 3. The van der Waals surface area contributed by atoms with Crippen molar-refractivity contribution in [1.82, 2.24) is 0 Å². The molecule has 4 heteroatoms. The van der Waals surface area contributed by atoms with Crippen molar-refractivity contribution in [2.45, 2.75) is 44.8 Å². The van der Waals surface area contributed by atoms with E-state index in [1.807, 2.05) is 12.1 Å². The van der Waals surface area contributed by atoms with E-state index >= 15 is 0 Å². The number of carbonyl (C=O) groups is 1. The van der Waals surface area contributed by atoms with Crippen LogP contribution < -0.4 is 5.32 Å². The van der Waals surface area contributed by atoms with Crippen molar-refractivity contribution in [3.8, 4) is 0 Å². The summed E-state index contributed by atoms with van der Waals surface area (Å²) >= 11 is 6.00. The van der Waals surface area contributed by atoms with Crippen LogP contribution in [0.4, 0.5) is 5.69 Å². The minimum atomic E-state index is -0.157. The first-order valence-corrected chi connectivity index (χ1v) is 6.68. The summed E-state index contributed by atoms with van der Waals surface area (Å²) in [5.41, 5.74) is 1.51. The van der Waals surface area contributed by atoms with E-state index in [2.05, 4.69) is 5.32 Å². The van der Waals surface area contributed by atoms with Crippen LogP contribution in [-0.4, -0.2) is 23.0 Å². The van der Waals surface area contributed by atoms with Crippen LogP contribution in [-0.2, 0) is 0 Å². The second-order valence-electron chi connectivity index (χ2n) is 4.93. The van der Waals surface area contributed by atoms with E-state index in [-0.39, 0.29) is 11.9 Å². The van der Waals surface area contributed by atoms with Crippen molar-refractivity contribution < 1.29 is 9.90 Å². The van der Waals surface area contributed by atoms with E-state index in [0.717, 1.165) is 31.4 Å². The Morgan fingerprint density at radius 1 is 1.28 bits per heavy atom. The van der Waals surface area contributed by atoms with Gasteiger partial charge in [0, 0.05) is 22.3 Å². The van der Waals surface area contributed by atoms with Crippen LogP contribution in [0.5, 0.6) is 0 Å². The van der Waals surface area contributed by atoms with Crippen molar-refractivity contribution in [3.63, 3.8) is 0 Å².